The molecule has 0 bridgehead atoms. The zero-order valence-electron chi connectivity index (χ0n) is 22.1. The SMILES string of the molecule is CCCC(CCC(C)C)c1cc2cc(C(=O)N3CCN(Cc4ccc(C(F)(F)F)cc4)CC3)ccc2[nH]1. The summed E-state index contributed by atoms with van der Waals surface area (Å²) in [6.45, 7) is 9.92. The number of hydrogen-bond acceptors (Lipinski definition) is 2. The van der Waals surface area contributed by atoms with E-state index in [-0.39, 0.29) is 5.91 Å². The number of aromatic amines is 1. The van der Waals surface area contributed by atoms with Gasteiger partial charge in [-0.25, -0.2) is 0 Å². The first-order valence-corrected chi connectivity index (χ1v) is 13.4. The normalized spacial score (nSPS) is 16.0. The van der Waals surface area contributed by atoms with Crippen LogP contribution >= 0.6 is 0 Å². The third kappa shape index (κ3) is 6.95. The van der Waals surface area contributed by atoms with E-state index in [0.29, 0.717) is 50.1 Å². The van der Waals surface area contributed by atoms with Crippen molar-refractivity contribution in [3.63, 3.8) is 0 Å². The lowest BCUT2D eigenvalue weighted by molar-refractivity contribution is -0.137. The molecule has 1 unspecified atom stereocenters. The van der Waals surface area contributed by atoms with Gasteiger partial charge < -0.3 is 9.88 Å². The maximum Gasteiger partial charge on any atom is 0.416 e. The monoisotopic (exact) mass is 513 g/mol. The third-order valence-electron chi connectivity index (χ3n) is 7.40. The first kappa shape index (κ1) is 27.2. The number of carbonyl (C=O) groups excluding carboxylic acids is 1. The van der Waals surface area contributed by atoms with Gasteiger partial charge in [0.15, 0.2) is 0 Å². The van der Waals surface area contributed by atoms with E-state index in [0.717, 1.165) is 41.4 Å². The van der Waals surface area contributed by atoms with Crippen molar-refractivity contribution in [3.8, 4) is 0 Å². The molecule has 7 heteroatoms. The molecule has 1 fully saturated rings. The van der Waals surface area contributed by atoms with Crippen molar-refractivity contribution in [2.24, 2.45) is 5.92 Å². The first-order valence-electron chi connectivity index (χ1n) is 13.4. The minimum Gasteiger partial charge on any atom is -0.358 e. The number of alkyl halides is 3. The van der Waals surface area contributed by atoms with Gasteiger partial charge in [0.05, 0.1) is 5.56 Å². The molecule has 4 rings (SSSR count). The quantitative estimate of drug-likeness (QED) is 0.322. The maximum atomic E-state index is 13.3. The number of fused-ring (bicyclic) bond motifs is 1. The highest BCUT2D eigenvalue weighted by Gasteiger charge is 2.30. The van der Waals surface area contributed by atoms with Gasteiger partial charge in [-0.05, 0) is 66.6 Å². The summed E-state index contributed by atoms with van der Waals surface area (Å²) in [5.74, 6) is 1.23. The van der Waals surface area contributed by atoms with Gasteiger partial charge in [0.25, 0.3) is 5.91 Å². The van der Waals surface area contributed by atoms with Crippen LogP contribution in [0.15, 0.2) is 48.5 Å². The number of benzene rings is 2. The molecule has 0 radical (unpaired) electrons. The minimum absolute atomic E-state index is 0.0312. The number of H-pyrrole nitrogens is 1. The van der Waals surface area contributed by atoms with Crippen molar-refractivity contribution in [1.82, 2.24) is 14.8 Å². The number of nitrogens with one attached hydrogen (secondary N) is 1. The highest BCUT2D eigenvalue weighted by molar-refractivity contribution is 5.98. The van der Waals surface area contributed by atoms with Crippen LogP contribution in [0.4, 0.5) is 13.2 Å². The second kappa shape index (κ2) is 11.7. The van der Waals surface area contributed by atoms with Crippen molar-refractivity contribution >= 4 is 16.8 Å². The first-order chi connectivity index (χ1) is 17.6. The largest absolute Gasteiger partial charge is 0.416 e. The number of amides is 1. The molecule has 1 N–H and O–H groups in total. The molecule has 4 nitrogen and oxygen atoms in total. The summed E-state index contributed by atoms with van der Waals surface area (Å²) in [5.41, 5.74) is 3.24. The molecule has 1 atom stereocenters. The van der Waals surface area contributed by atoms with Crippen LogP contribution in [0, 0.1) is 5.92 Å². The second-order valence-corrected chi connectivity index (χ2v) is 10.7. The third-order valence-corrected chi connectivity index (χ3v) is 7.40. The summed E-state index contributed by atoms with van der Waals surface area (Å²) in [6, 6.07) is 13.5. The Morgan fingerprint density at radius 3 is 2.27 bits per heavy atom. The molecule has 2 aromatic carbocycles. The van der Waals surface area contributed by atoms with E-state index in [4.69, 9.17) is 0 Å². The summed E-state index contributed by atoms with van der Waals surface area (Å²) in [7, 11) is 0. The number of halogens is 3. The highest BCUT2D eigenvalue weighted by atomic mass is 19.4. The standard InChI is InChI=1S/C30H38F3N3O/c1-4-5-23(9-6-21(2)3)28-19-25-18-24(10-13-27(25)34-28)29(37)36-16-14-35(15-17-36)20-22-7-11-26(12-8-22)30(31,32)33/h7-8,10-13,18-19,21,23,34H,4-6,9,14-17,20H2,1-3H3. The van der Waals surface area contributed by atoms with Crippen molar-refractivity contribution in [2.75, 3.05) is 26.2 Å². The fourth-order valence-corrected chi connectivity index (χ4v) is 5.20. The Bertz CT molecular complexity index is 1170. The number of rotatable bonds is 9. The zero-order chi connectivity index (χ0) is 26.6. The minimum atomic E-state index is -4.32. The van der Waals surface area contributed by atoms with Crippen LogP contribution in [-0.2, 0) is 12.7 Å². The van der Waals surface area contributed by atoms with E-state index in [1.165, 1.54) is 30.7 Å². The fraction of sp³-hybridized carbons (Fsp3) is 0.500. The molecule has 0 aliphatic carbocycles. The van der Waals surface area contributed by atoms with Crippen LogP contribution in [0.25, 0.3) is 10.9 Å². The Labute approximate surface area is 217 Å². The van der Waals surface area contributed by atoms with E-state index in [9.17, 15) is 18.0 Å². The summed E-state index contributed by atoms with van der Waals surface area (Å²) in [6.07, 6.45) is 0.352. The van der Waals surface area contributed by atoms with E-state index in [1.54, 1.807) is 0 Å². The Morgan fingerprint density at radius 2 is 1.65 bits per heavy atom. The number of carbonyl (C=O) groups is 1. The molecule has 1 aliphatic rings. The van der Waals surface area contributed by atoms with Gasteiger partial charge in [-0.3, -0.25) is 9.69 Å². The van der Waals surface area contributed by atoms with Crippen LogP contribution < -0.4 is 0 Å². The maximum absolute atomic E-state index is 13.3. The molecular formula is C30H38F3N3O. The molecule has 1 aromatic heterocycles. The predicted octanol–water partition coefficient (Wildman–Crippen LogP) is 7.46. The average molecular weight is 514 g/mol. The summed E-state index contributed by atoms with van der Waals surface area (Å²) in [5, 5.41) is 1.08. The summed E-state index contributed by atoms with van der Waals surface area (Å²) < 4.78 is 38.4. The van der Waals surface area contributed by atoms with Crippen LogP contribution in [0.1, 0.15) is 79.6 Å². The molecule has 2 heterocycles. The Morgan fingerprint density at radius 1 is 0.946 bits per heavy atom. The lowest BCUT2D eigenvalue weighted by Crippen LogP contribution is -2.48. The van der Waals surface area contributed by atoms with E-state index >= 15 is 0 Å². The lowest BCUT2D eigenvalue weighted by atomic mass is 9.91. The second-order valence-electron chi connectivity index (χ2n) is 10.7. The molecule has 0 saturated carbocycles. The summed E-state index contributed by atoms with van der Waals surface area (Å²) in [4.78, 5) is 20.9. The Balaban J connectivity index is 1.36. The van der Waals surface area contributed by atoms with Crippen molar-refractivity contribution in [3.05, 3.63) is 70.9 Å². The van der Waals surface area contributed by atoms with Crippen molar-refractivity contribution in [2.45, 2.75) is 65.1 Å². The molecule has 200 valence electrons. The zero-order valence-corrected chi connectivity index (χ0v) is 22.1. The van der Waals surface area contributed by atoms with E-state index < -0.39 is 11.7 Å². The van der Waals surface area contributed by atoms with Crippen molar-refractivity contribution in [1.29, 1.82) is 0 Å². The lowest BCUT2D eigenvalue weighted by Gasteiger charge is -2.34. The predicted molar refractivity (Wildman–Crippen MR) is 143 cm³/mol. The van der Waals surface area contributed by atoms with Crippen LogP contribution in [0.2, 0.25) is 0 Å². The summed E-state index contributed by atoms with van der Waals surface area (Å²) >= 11 is 0. The number of nitrogens with zero attached hydrogens (tertiary/aromatic N) is 2. The molecular weight excluding hydrogens is 475 g/mol. The van der Waals surface area contributed by atoms with Gasteiger partial charge in [-0.15, -0.1) is 0 Å². The Hall–Kier alpha value is -2.80. The fourth-order valence-electron chi connectivity index (χ4n) is 5.20. The van der Waals surface area contributed by atoms with Gasteiger partial charge >= 0.3 is 6.18 Å². The molecule has 0 spiro atoms. The van der Waals surface area contributed by atoms with Gasteiger partial charge in [-0.1, -0.05) is 45.7 Å². The molecule has 1 saturated heterocycles. The number of hydrogen-bond donors (Lipinski definition) is 1. The van der Waals surface area contributed by atoms with Gasteiger partial charge in [0.1, 0.15) is 0 Å². The van der Waals surface area contributed by atoms with Crippen LogP contribution in [0.3, 0.4) is 0 Å². The van der Waals surface area contributed by atoms with Crippen LogP contribution in [-0.4, -0.2) is 46.9 Å². The molecule has 1 amide bonds. The van der Waals surface area contributed by atoms with Crippen LogP contribution in [0.5, 0.6) is 0 Å². The number of aromatic nitrogens is 1. The molecule has 1 aliphatic heterocycles. The van der Waals surface area contributed by atoms with E-state index in [2.05, 4.69) is 36.7 Å². The topological polar surface area (TPSA) is 39.3 Å². The van der Waals surface area contributed by atoms with Gasteiger partial charge in [-0.2, -0.15) is 13.2 Å². The van der Waals surface area contributed by atoms with Crippen molar-refractivity contribution < 1.29 is 18.0 Å². The molecule has 3 aromatic rings. The number of piperazine rings is 1. The average Bonchev–Trinajstić information content (AvgIpc) is 3.29. The highest BCUT2D eigenvalue weighted by Crippen LogP contribution is 2.31. The smallest absolute Gasteiger partial charge is 0.358 e. The van der Waals surface area contributed by atoms with E-state index in [1.807, 2.05) is 23.1 Å². The molecule has 37 heavy (non-hydrogen) atoms. The van der Waals surface area contributed by atoms with Gasteiger partial charge in [0.2, 0.25) is 0 Å². The van der Waals surface area contributed by atoms with Gasteiger partial charge in [0, 0.05) is 54.9 Å². The Kier molecular flexibility index (Phi) is 8.63.